The summed E-state index contributed by atoms with van der Waals surface area (Å²) in [4.78, 5) is 4.25. The summed E-state index contributed by atoms with van der Waals surface area (Å²) in [5.41, 5.74) is 6.68. The number of imidazole rings is 1. The number of hydrogen-bond donors (Lipinski definition) is 1. The van der Waals surface area contributed by atoms with Gasteiger partial charge in [0.2, 0.25) is 0 Å². The van der Waals surface area contributed by atoms with Crippen LogP contribution in [0.3, 0.4) is 0 Å². The fourth-order valence-electron chi connectivity index (χ4n) is 1.48. The van der Waals surface area contributed by atoms with E-state index in [2.05, 4.69) is 9.55 Å². The molecule has 0 atom stereocenters. The molecule has 0 aromatic carbocycles. The summed E-state index contributed by atoms with van der Waals surface area (Å²) in [5, 5.41) is 0. The Kier molecular flexibility index (Phi) is 4.60. The van der Waals surface area contributed by atoms with Gasteiger partial charge in [0, 0.05) is 25.7 Å². The molecule has 2 rings (SSSR count). The van der Waals surface area contributed by atoms with Crippen molar-refractivity contribution in [2.24, 2.45) is 5.73 Å². The fraction of sp³-hybridized carbons (Fsp3) is 0.571. The van der Waals surface area contributed by atoms with Crippen molar-refractivity contribution in [2.45, 2.75) is 25.9 Å². The lowest BCUT2D eigenvalue weighted by atomic mass is 10.4. The zero-order valence-electron chi connectivity index (χ0n) is 6.69. The molecule has 0 bridgehead atoms. The summed E-state index contributed by atoms with van der Waals surface area (Å²) in [6.45, 7) is 1.73. The first kappa shape index (κ1) is 11.8. The summed E-state index contributed by atoms with van der Waals surface area (Å²) >= 11 is 0. The number of aromatic nitrogens is 2. The molecule has 0 spiro atoms. The Morgan fingerprint density at radius 1 is 1.50 bits per heavy atom. The van der Waals surface area contributed by atoms with Crippen LogP contribution in [-0.4, -0.2) is 9.55 Å². The lowest BCUT2D eigenvalue weighted by molar-refractivity contribution is 0.707. The van der Waals surface area contributed by atoms with Gasteiger partial charge in [-0.2, -0.15) is 0 Å². The second-order valence-corrected chi connectivity index (χ2v) is 2.63. The second kappa shape index (κ2) is 4.70. The summed E-state index contributed by atoms with van der Waals surface area (Å²) < 4.78 is 2.22. The van der Waals surface area contributed by atoms with Crippen LogP contribution in [0.5, 0.6) is 0 Å². The van der Waals surface area contributed by atoms with Gasteiger partial charge in [-0.1, -0.05) is 0 Å². The molecule has 0 aliphatic carbocycles. The number of nitrogens with two attached hydrogens (primary N) is 1. The minimum absolute atomic E-state index is 0. The number of fused-ring (bicyclic) bond motifs is 1. The van der Waals surface area contributed by atoms with Crippen LogP contribution < -0.4 is 5.73 Å². The van der Waals surface area contributed by atoms with Crippen LogP contribution in [0.1, 0.15) is 17.9 Å². The van der Waals surface area contributed by atoms with E-state index in [-0.39, 0.29) is 24.8 Å². The third-order valence-electron chi connectivity index (χ3n) is 2.01. The Bertz CT molecular complexity index is 247. The van der Waals surface area contributed by atoms with Crippen LogP contribution in [0.15, 0.2) is 6.20 Å². The van der Waals surface area contributed by atoms with E-state index in [1.807, 2.05) is 6.20 Å². The molecule has 2 heterocycles. The molecule has 0 radical (unpaired) electrons. The van der Waals surface area contributed by atoms with Crippen molar-refractivity contribution in [1.82, 2.24) is 9.55 Å². The largest absolute Gasteiger partial charge is 0.331 e. The van der Waals surface area contributed by atoms with Crippen molar-refractivity contribution < 1.29 is 0 Å². The SMILES string of the molecule is Cl.Cl.NCc1cnc2n1CCC2. The lowest BCUT2D eigenvalue weighted by Gasteiger charge is -1.99. The standard InChI is InChI=1S/C7H11N3.2ClH/c8-4-6-5-9-7-2-1-3-10(6)7;;/h5H,1-4,8H2;2*1H. The van der Waals surface area contributed by atoms with Crippen LogP contribution >= 0.6 is 24.8 Å². The Labute approximate surface area is 84.2 Å². The van der Waals surface area contributed by atoms with Crippen LogP contribution in [0.4, 0.5) is 0 Å². The highest BCUT2D eigenvalue weighted by Crippen LogP contribution is 2.14. The van der Waals surface area contributed by atoms with Crippen molar-refractivity contribution in [3.63, 3.8) is 0 Å². The maximum Gasteiger partial charge on any atom is 0.108 e. The maximum absolute atomic E-state index is 5.51. The highest BCUT2D eigenvalue weighted by atomic mass is 35.5. The van der Waals surface area contributed by atoms with Crippen molar-refractivity contribution in [2.75, 3.05) is 0 Å². The predicted molar refractivity (Wildman–Crippen MR) is 52.9 cm³/mol. The Hall–Kier alpha value is -0.250. The zero-order chi connectivity index (χ0) is 6.97. The van der Waals surface area contributed by atoms with E-state index >= 15 is 0 Å². The zero-order valence-corrected chi connectivity index (χ0v) is 8.33. The first-order valence-electron chi connectivity index (χ1n) is 3.65. The number of hydrogen-bond acceptors (Lipinski definition) is 2. The van der Waals surface area contributed by atoms with E-state index in [1.165, 1.54) is 17.9 Å². The van der Waals surface area contributed by atoms with Gasteiger partial charge in [0.15, 0.2) is 0 Å². The van der Waals surface area contributed by atoms with E-state index in [0.717, 1.165) is 13.0 Å². The molecule has 2 N–H and O–H groups in total. The van der Waals surface area contributed by atoms with Crippen LogP contribution in [0, 0.1) is 0 Å². The third-order valence-corrected chi connectivity index (χ3v) is 2.01. The predicted octanol–water partition coefficient (Wildman–Crippen LogP) is 1.13. The quantitative estimate of drug-likeness (QED) is 0.755. The van der Waals surface area contributed by atoms with Gasteiger partial charge >= 0.3 is 0 Å². The molecule has 0 amide bonds. The minimum Gasteiger partial charge on any atom is -0.331 e. The highest BCUT2D eigenvalue weighted by molar-refractivity contribution is 5.85. The van der Waals surface area contributed by atoms with Gasteiger partial charge in [-0.25, -0.2) is 4.98 Å². The van der Waals surface area contributed by atoms with Crippen molar-refractivity contribution >= 4 is 24.8 Å². The Balaban J connectivity index is 0.000000605. The van der Waals surface area contributed by atoms with Gasteiger partial charge in [-0.3, -0.25) is 0 Å². The number of aryl methyl sites for hydroxylation is 1. The van der Waals surface area contributed by atoms with E-state index in [9.17, 15) is 0 Å². The molecule has 0 unspecified atom stereocenters. The van der Waals surface area contributed by atoms with Crippen LogP contribution in [0.25, 0.3) is 0 Å². The van der Waals surface area contributed by atoms with Crippen molar-refractivity contribution in [3.8, 4) is 0 Å². The molecule has 1 aliphatic rings. The molecule has 0 saturated heterocycles. The highest BCUT2D eigenvalue weighted by Gasteiger charge is 2.13. The second-order valence-electron chi connectivity index (χ2n) is 2.63. The summed E-state index contributed by atoms with van der Waals surface area (Å²) in [6, 6.07) is 0. The summed E-state index contributed by atoms with van der Waals surface area (Å²) in [5.74, 6) is 1.21. The van der Waals surface area contributed by atoms with Crippen molar-refractivity contribution in [1.29, 1.82) is 0 Å². The first-order valence-corrected chi connectivity index (χ1v) is 3.65. The fourth-order valence-corrected chi connectivity index (χ4v) is 1.48. The van der Waals surface area contributed by atoms with Crippen molar-refractivity contribution in [3.05, 3.63) is 17.7 Å². The lowest BCUT2D eigenvalue weighted by Crippen LogP contribution is -2.04. The van der Waals surface area contributed by atoms with Gasteiger partial charge in [0.25, 0.3) is 0 Å². The average molecular weight is 210 g/mol. The molecule has 3 nitrogen and oxygen atoms in total. The summed E-state index contributed by atoms with van der Waals surface area (Å²) in [6.07, 6.45) is 4.24. The van der Waals surface area contributed by atoms with Gasteiger partial charge in [-0.15, -0.1) is 24.8 Å². The summed E-state index contributed by atoms with van der Waals surface area (Å²) in [7, 11) is 0. The molecular formula is C7H13Cl2N3. The molecule has 70 valence electrons. The normalized spacial score (nSPS) is 13.1. The molecular weight excluding hydrogens is 197 g/mol. The van der Waals surface area contributed by atoms with Gasteiger partial charge in [0.05, 0.1) is 5.69 Å². The molecule has 12 heavy (non-hydrogen) atoms. The van der Waals surface area contributed by atoms with Crippen LogP contribution in [-0.2, 0) is 19.5 Å². The van der Waals surface area contributed by atoms with Gasteiger partial charge < -0.3 is 10.3 Å². The molecule has 0 fully saturated rings. The molecule has 1 aromatic heterocycles. The number of halogens is 2. The first-order chi connectivity index (χ1) is 4.92. The molecule has 1 aromatic rings. The van der Waals surface area contributed by atoms with Gasteiger partial charge in [-0.05, 0) is 6.42 Å². The molecule has 1 aliphatic heterocycles. The van der Waals surface area contributed by atoms with E-state index in [0.29, 0.717) is 6.54 Å². The van der Waals surface area contributed by atoms with E-state index in [4.69, 9.17) is 5.73 Å². The minimum atomic E-state index is 0. The van der Waals surface area contributed by atoms with Gasteiger partial charge in [0.1, 0.15) is 5.82 Å². The van der Waals surface area contributed by atoms with E-state index in [1.54, 1.807) is 0 Å². The average Bonchev–Trinajstić information content (AvgIpc) is 2.44. The topological polar surface area (TPSA) is 43.8 Å². The Morgan fingerprint density at radius 2 is 2.25 bits per heavy atom. The maximum atomic E-state index is 5.51. The molecule has 5 heteroatoms. The van der Waals surface area contributed by atoms with Crippen LogP contribution in [0.2, 0.25) is 0 Å². The number of nitrogens with zero attached hydrogens (tertiary/aromatic N) is 2. The molecule has 0 saturated carbocycles. The Morgan fingerprint density at radius 3 is 2.92 bits per heavy atom. The smallest absolute Gasteiger partial charge is 0.108 e. The number of rotatable bonds is 1. The van der Waals surface area contributed by atoms with E-state index < -0.39 is 0 Å². The third kappa shape index (κ3) is 1.73. The monoisotopic (exact) mass is 209 g/mol.